The normalized spacial score (nSPS) is 23.2. The molecule has 2 bridgehead atoms. The van der Waals surface area contributed by atoms with Crippen LogP contribution in [-0.2, 0) is 4.79 Å². The number of aryl methyl sites for hydroxylation is 1. The van der Waals surface area contributed by atoms with Crippen molar-refractivity contribution in [1.82, 2.24) is 9.88 Å². The van der Waals surface area contributed by atoms with Gasteiger partial charge in [-0.2, -0.15) is 13.2 Å². The number of pyridine rings is 1. The minimum absolute atomic E-state index is 0.0317. The SMILES string of the molecule is Cc1ccc2cc3c(cc2n1)C1CCC3CN(C(=O)C(F)(F)F)C1. The molecule has 24 heavy (non-hydrogen) atoms. The molecule has 2 unspecified atom stereocenters. The highest BCUT2D eigenvalue weighted by Gasteiger charge is 2.46. The summed E-state index contributed by atoms with van der Waals surface area (Å²) in [5, 5.41) is 1.00. The van der Waals surface area contributed by atoms with Gasteiger partial charge in [0.1, 0.15) is 0 Å². The van der Waals surface area contributed by atoms with Gasteiger partial charge in [0.15, 0.2) is 0 Å². The van der Waals surface area contributed by atoms with E-state index < -0.39 is 12.1 Å². The maximum absolute atomic E-state index is 12.8. The van der Waals surface area contributed by atoms with Crippen molar-refractivity contribution in [1.29, 1.82) is 0 Å². The van der Waals surface area contributed by atoms with Gasteiger partial charge in [-0.3, -0.25) is 9.78 Å². The van der Waals surface area contributed by atoms with Crippen molar-refractivity contribution in [2.45, 2.75) is 37.8 Å². The number of rotatable bonds is 0. The number of carbonyl (C=O) groups excluding carboxylic acids is 1. The zero-order chi connectivity index (χ0) is 17.1. The van der Waals surface area contributed by atoms with Crippen molar-refractivity contribution in [3.05, 3.63) is 41.1 Å². The summed E-state index contributed by atoms with van der Waals surface area (Å²) in [6.07, 6.45) is -3.17. The number of aromatic nitrogens is 1. The summed E-state index contributed by atoms with van der Waals surface area (Å²) in [6.45, 7) is 2.20. The lowest BCUT2D eigenvalue weighted by molar-refractivity contribution is -0.185. The van der Waals surface area contributed by atoms with Gasteiger partial charge in [0.05, 0.1) is 5.52 Å². The Morgan fingerprint density at radius 2 is 1.75 bits per heavy atom. The van der Waals surface area contributed by atoms with E-state index in [-0.39, 0.29) is 24.9 Å². The number of alkyl halides is 3. The average molecular weight is 334 g/mol. The molecule has 0 saturated carbocycles. The molecular weight excluding hydrogens is 317 g/mol. The Morgan fingerprint density at radius 3 is 2.38 bits per heavy atom. The van der Waals surface area contributed by atoms with Gasteiger partial charge in [-0.05, 0) is 49.1 Å². The zero-order valence-electron chi connectivity index (χ0n) is 13.2. The van der Waals surface area contributed by atoms with Crippen molar-refractivity contribution in [3.8, 4) is 0 Å². The number of hydrogen-bond acceptors (Lipinski definition) is 2. The van der Waals surface area contributed by atoms with E-state index in [0.29, 0.717) is 0 Å². The molecule has 3 aliphatic rings. The Labute approximate surface area is 137 Å². The Balaban J connectivity index is 1.78. The molecule has 3 heterocycles. The zero-order valence-corrected chi connectivity index (χ0v) is 13.2. The van der Waals surface area contributed by atoms with Crippen LogP contribution in [0.3, 0.4) is 0 Å². The third-order valence-corrected chi connectivity index (χ3v) is 5.19. The largest absolute Gasteiger partial charge is 0.471 e. The highest BCUT2D eigenvalue weighted by molar-refractivity contribution is 5.83. The van der Waals surface area contributed by atoms with Crippen molar-refractivity contribution in [2.75, 3.05) is 13.1 Å². The predicted molar refractivity (Wildman–Crippen MR) is 83.8 cm³/mol. The molecule has 1 fully saturated rings. The van der Waals surface area contributed by atoms with Crippen molar-refractivity contribution < 1.29 is 18.0 Å². The molecule has 126 valence electrons. The second-order valence-electron chi connectivity index (χ2n) is 6.81. The highest BCUT2D eigenvalue weighted by atomic mass is 19.4. The van der Waals surface area contributed by atoms with Gasteiger partial charge in [-0.25, -0.2) is 0 Å². The number of halogens is 3. The number of amides is 1. The van der Waals surface area contributed by atoms with E-state index >= 15 is 0 Å². The molecule has 2 atom stereocenters. The summed E-state index contributed by atoms with van der Waals surface area (Å²) in [4.78, 5) is 17.2. The Morgan fingerprint density at radius 1 is 1.12 bits per heavy atom. The molecule has 1 aromatic heterocycles. The van der Waals surface area contributed by atoms with Gasteiger partial charge >= 0.3 is 12.1 Å². The van der Waals surface area contributed by atoms with Gasteiger partial charge in [0.25, 0.3) is 0 Å². The quantitative estimate of drug-likeness (QED) is 0.732. The molecule has 0 spiro atoms. The van der Waals surface area contributed by atoms with Crippen LogP contribution in [-0.4, -0.2) is 35.1 Å². The van der Waals surface area contributed by atoms with Gasteiger partial charge < -0.3 is 4.90 Å². The van der Waals surface area contributed by atoms with Crippen LogP contribution in [0.15, 0.2) is 24.3 Å². The van der Waals surface area contributed by atoms with Crippen molar-refractivity contribution >= 4 is 16.8 Å². The summed E-state index contributed by atoms with van der Waals surface area (Å²) in [7, 11) is 0. The third kappa shape index (κ3) is 2.44. The molecule has 2 aliphatic heterocycles. The van der Waals surface area contributed by atoms with Crippen LogP contribution in [0.2, 0.25) is 0 Å². The molecule has 5 rings (SSSR count). The van der Waals surface area contributed by atoms with E-state index in [9.17, 15) is 18.0 Å². The molecule has 1 amide bonds. The lowest BCUT2D eigenvalue weighted by atomic mass is 9.77. The van der Waals surface area contributed by atoms with Crippen LogP contribution in [0.1, 0.15) is 41.5 Å². The summed E-state index contributed by atoms with van der Waals surface area (Å²) in [5.74, 6) is -1.79. The summed E-state index contributed by atoms with van der Waals surface area (Å²) in [5.41, 5.74) is 3.93. The number of hydrogen-bond donors (Lipinski definition) is 0. The molecule has 0 radical (unpaired) electrons. The van der Waals surface area contributed by atoms with Crippen LogP contribution in [0.5, 0.6) is 0 Å². The summed E-state index contributed by atoms with van der Waals surface area (Å²) < 4.78 is 38.5. The minimum Gasteiger partial charge on any atom is -0.334 e. The van der Waals surface area contributed by atoms with E-state index in [4.69, 9.17) is 0 Å². The van der Waals surface area contributed by atoms with Gasteiger partial charge in [-0.1, -0.05) is 6.07 Å². The molecule has 1 aliphatic carbocycles. The fourth-order valence-electron chi connectivity index (χ4n) is 4.06. The highest BCUT2D eigenvalue weighted by Crippen LogP contribution is 2.44. The number of fused-ring (bicyclic) bond motifs is 4. The number of benzene rings is 1. The Bertz CT molecular complexity index is 831. The third-order valence-electron chi connectivity index (χ3n) is 5.19. The van der Waals surface area contributed by atoms with Crippen molar-refractivity contribution in [3.63, 3.8) is 0 Å². The van der Waals surface area contributed by atoms with E-state index in [0.717, 1.165) is 45.5 Å². The summed E-state index contributed by atoms with van der Waals surface area (Å²) >= 11 is 0. The van der Waals surface area contributed by atoms with E-state index in [1.54, 1.807) is 0 Å². The average Bonchev–Trinajstić information content (AvgIpc) is 2.82. The molecule has 1 saturated heterocycles. The first-order valence-electron chi connectivity index (χ1n) is 8.10. The van der Waals surface area contributed by atoms with Crippen molar-refractivity contribution in [2.24, 2.45) is 0 Å². The molecular formula is C18H17F3N2O. The first-order valence-corrected chi connectivity index (χ1v) is 8.10. The molecule has 1 aromatic carbocycles. The minimum atomic E-state index is -4.81. The van der Waals surface area contributed by atoms with E-state index in [1.165, 1.54) is 0 Å². The fourth-order valence-corrected chi connectivity index (χ4v) is 4.06. The molecule has 3 nitrogen and oxygen atoms in total. The lowest BCUT2D eigenvalue weighted by Crippen LogP contribution is -2.42. The fraction of sp³-hybridized carbons (Fsp3) is 0.444. The topological polar surface area (TPSA) is 33.2 Å². The van der Waals surface area contributed by atoms with E-state index in [1.807, 2.05) is 25.1 Å². The first-order chi connectivity index (χ1) is 11.3. The maximum Gasteiger partial charge on any atom is 0.471 e. The second-order valence-corrected chi connectivity index (χ2v) is 6.81. The van der Waals surface area contributed by atoms with Gasteiger partial charge in [0.2, 0.25) is 0 Å². The Kier molecular flexibility index (Phi) is 3.34. The standard InChI is InChI=1S/C18H17F3N2O/c1-10-2-3-11-6-14-12-4-5-13(15(14)7-16(11)22-10)9-23(8-12)17(24)18(19,20)21/h2-3,6-7,12-13H,4-5,8-9H2,1H3. The van der Waals surface area contributed by atoms with Crippen LogP contribution in [0.4, 0.5) is 13.2 Å². The molecule has 6 heteroatoms. The number of nitrogens with zero attached hydrogens (tertiary/aromatic N) is 2. The monoisotopic (exact) mass is 334 g/mol. The number of carbonyl (C=O) groups is 1. The van der Waals surface area contributed by atoms with Crippen LogP contribution >= 0.6 is 0 Å². The Hall–Kier alpha value is -2.11. The first kappa shape index (κ1) is 15.4. The van der Waals surface area contributed by atoms with Crippen LogP contribution < -0.4 is 0 Å². The van der Waals surface area contributed by atoms with Crippen LogP contribution in [0, 0.1) is 6.92 Å². The van der Waals surface area contributed by atoms with Gasteiger partial charge in [0, 0.05) is 36.0 Å². The smallest absolute Gasteiger partial charge is 0.334 e. The maximum atomic E-state index is 12.8. The predicted octanol–water partition coefficient (Wildman–Crippen LogP) is 3.91. The van der Waals surface area contributed by atoms with Crippen LogP contribution in [0.25, 0.3) is 10.9 Å². The molecule has 0 N–H and O–H groups in total. The summed E-state index contributed by atoms with van der Waals surface area (Å²) in [6, 6.07) is 7.99. The molecule has 2 aromatic rings. The lowest BCUT2D eigenvalue weighted by Gasteiger charge is -2.26. The second kappa shape index (κ2) is 5.19. The van der Waals surface area contributed by atoms with E-state index in [2.05, 4.69) is 11.1 Å². The van der Waals surface area contributed by atoms with Gasteiger partial charge in [-0.15, -0.1) is 0 Å².